The minimum absolute atomic E-state index is 0.163. The summed E-state index contributed by atoms with van der Waals surface area (Å²) >= 11 is 1.22. The van der Waals surface area contributed by atoms with Crippen LogP contribution in [0.15, 0.2) is 58.8 Å². The van der Waals surface area contributed by atoms with Crippen molar-refractivity contribution in [2.75, 3.05) is 12.4 Å². The van der Waals surface area contributed by atoms with Crippen LogP contribution in [0, 0.1) is 0 Å². The van der Waals surface area contributed by atoms with E-state index in [4.69, 9.17) is 4.74 Å². The van der Waals surface area contributed by atoms with E-state index in [1.54, 1.807) is 34.5 Å². The lowest BCUT2D eigenvalue weighted by molar-refractivity contribution is -0.116. The Balaban J connectivity index is 1.73. The van der Waals surface area contributed by atoms with Gasteiger partial charge in [-0.25, -0.2) is 14.5 Å². The van der Waals surface area contributed by atoms with E-state index in [0.29, 0.717) is 21.7 Å². The molecule has 0 radical (unpaired) electrons. The van der Waals surface area contributed by atoms with Crippen molar-refractivity contribution < 1.29 is 14.3 Å². The van der Waals surface area contributed by atoms with Gasteiger partial charge in [-0.2, -0.15) is 0 Å². The number of pyridine rings is 1. The second-order valence-corrected chi connectivity index (χ2v) is 7.69. The number of carbonyl (C=O) groups excluding carboxylic acids is 2. The van der Waals surface area contributed by atoms with Crippen LogP contribution in [-0.4, -0.2) is 33.3 Å². The number of nitrogens with one attached hydrogen (secondary N) is 1. The zero-order valence-electron chi connectivity index (χ0n) is 17.0. The minimum atomic E-state index is -0.530. The van der Waals surface area contributed by atoms with Crippen LogP contribution >= 0.6 is 11.3 Å². The monoisotopic (exact) mass is 436 g/mol. The third-order valence-corrected chi connectivity index (χ3v) is 5.73. The van der Waals surface area contributed by atoms with Gasteiger partial charge in [0.1, 0.15) is 11.5 Å². The maximum absolute atomic E-state index is 13.1. The number of hydrogen-bond acceptors (Lipinski definition) is 6. The highest BCUT2D eigenvalue weighted by molar-refractivity contribution is 7.14. The molecule has 8 nitrogen and oxygen atoms in total. The molecule has 0 fully saturated rings. The molecule has 158 valence electrons. The smallest absolute Gasteiger partial charge is 0.340 e. The maximum atomic E-state index is 13.1. The number of ether oxygens (including phenoxy) is 1. The van der Waals surface area contributed by atoms with Crippen molar-refractivity contribution in [1.82, 2.24) is 14.3 Å². The van der Waals surface area contributed by atoms with Gasteiger partial charge in [-0.1, -0.05) is 19.1 Å². The summed E-state index contributed by atoms with van der Waals surface area (Å²) in [5.74, 6) is -0.924. The molecular formula is C22H20N4O4S. The van der Waals surface area contributed by atoms with E-state index in [2.05, 4.69) is 17.2 Å². The highest BCUT2D eigenvalue weighted by Crippen LogP contribution is 2.24. The normalized spacial score (nSPS) is 10.9. The van der Waals surface area contributed by atoms with E-state index in [1.165, 1.54) is 23.1 Å². The summed E-state index contributed by atoms with van der Waals surface area (Å²) in [5.41, 5.74) is 2.21. The zero-order valence-corrected chi connectivity index (χ0v) is 17.8. The van der Waals surface area contributed by atoms with Crippen LogP contribution in [0.4, 0.5) is 5.00 Å². The Kier molecular flexibility index (Phi) is 5.68. The number of hydrogen-bond donors (Lipinski definition) is 1. The first-order chi connectivity index (χ1) is 15.0. The number of nitrogens with zero attached hydrogens (tertiary/aromatic N) is 3. The van der Waals surface area contributed by atoms with Gasteiger partial charge in [-0.3, -0.25) is 14.3 Å². The fraction of sp³-hybridized carbons (Fsp3) is 0.182. The summed E-state index contributed by atoms with van der Waals surface area (Å²) in [5, 5.41) is 5.24. The molecule has 4 aromatic rings. The number of carbonyl (C=O) groups is 2. The van der Waals surface area contributed by atoms with Crippen LogP contribution < -0.4 is 10.9 Å². The molecule has 31 heavy (non-hydrogen) atoms. The third-order valence-electron chi connectivity index (χ3n) is 4.90. The average molecular weight is 436 g/mol. The largest absolute Gasteiger partial charge is 0.465 e. The van der Waals surface area contributed by atoms with Crippen LogP contribution in [0.25, 0.3) is 16.7 Å². The lowest BCUT2D eigenvalue weighted by atomic mass is 10.1. The van der Waals surface area contributed by atoms with E-state index in [1.807, 2.05) is 24.3 Å². The van der Waals surface area contributed by atoms with E-state index < -0.39 is 11.9 Å². The van der Waals surface area contributed by atoms with Crippen LogP contribution in [-0.2, 0) is 22.5 Å². The molecule has 0 atom stereocenters. The quantitative estimate of drug-likeness (QED) is 0.468. The van der Waals surface area contributed by atoms with Gasteiger partial charge < -0.3 is 10.1 Å². The SMILES string of the molecule is CCc1ccc(-n2c(=O)c3cccnc3n2CC(=O)Nc2sccc2C(=O)OC)cc1. The molecule has 1 N–H and O–H groups in total. The van der Waals surface area contributed by atoms with Crippen LogP contribution in [0.2, 0.25) is 0 Å². The van der Waals surface area contributed by atoms with Crippen molar-refractivity contribution in [2.45, 2.75) is 19.9 Å². The summed E-state index contributed by atoms with van der Waals surface area (Å²) in [6.07, 6.45) is 2.46. The molecule has 4 rings (SSSR count). The van der Waals surface area contributed by atoms with Gasteiger partial charge in [0.05, 0.1) is 23.7 Å². The van der Waals surface area contributed by atoms with E-state index in [0.717, 1.165) is 12.0 Å². The molecule has 0 aliphatic rings. The first-order valence-electron chi connectivity index (χ1n) is 9.65. The molecule has 3 aromatic heterocycles. The Hall–Kier alpha value is -3.72. The average Bonchev–Trinajstić information content (AvgIpc) is 3.36. The number of fused-ring (bicyclic) bond motifs is 1. The molecule has 9 heteroatoms. The Morgan fingerprint density at radius 3 is 2.65 bits per heavy atom. The van der Waals surface area contributed by atoms with E-state index in [9.17, 15) is 14.4 Å². The molecule has 0 saturated heterocycles. The van der Waals surface area contributed by atoms with Crippen LogP contribution in [0.3, 0.4) is 0 Å². The van der Waals surface area contributed by atoms with Gasteiger partial charge >= 0.3 is 5.97 Å². The van der Waals surface area contributed by atoms with E-state index in [-0.39, 0.29) is 17.7 Å². The number of esters is 1. The van der Waals surface area contributed by atoms with Crippen LogP contribution in [0.5, 0.6) is 0 Å². The fourth-order valence-corrected chi connectivity index (χ4v) is 4.13. The molecule has 0 bridgehead atoms. The number of anilines is 1. The molecule has 1 aromatic carbocycles. The second-order valence-electron chi connectivity index (χ2n) is 6.77. The topological polar surface area (TPSA) is 95.2 Å². The van der Waals surface area contributed by atoms with Gasteiger partial charge in [-0.15, -0.1) is 11.3 Å². The first-order valence-corrected chi connectivity index (χ1v) is 10.5. The zero-order chi connectivity index (χ0) is 22.0. The lowest BCUT2D eigenvalue weighted by Gasteiger charge is -2.13. The first kappa shape index (κ1) is 20.5. The summed E-state index contributed by atoms with van der Waals surface area (Å²) in [7, 11) is 1.28. The van der Waals surface area contributed by atoms with Gasteiger partial charge in [0, 0.05) is 6.20 Å². The van der Waals surface area contributed by atoms with Gasteiger partial charge in [0.15, 0.2) is 5.65 Å². The Bertz CT molecular complexity index is 1320. The summed E-state index contributed by atoms with van der Waals surface area (Å²) in [6, 6.07) is 12.6. The predicted molar refractivity (Wildman–Crippen MR) is 119 cm³/mol. The van der Waals surface area contributed by atoms with Crippen molar-refractivity contribution in [1.29, 1.82) is 0 Å². The van der Waals surface area contributed by atoms with Gasteiger partial charge in [0.2, 0.25) is 5.91 Å². The van der Waals surface area contributed by atoms with Crippen molar-refractivity contribution >= 4 is 39.2 Å². The highest BCUT2D eigenvalue weighted by atomic mass is 32.1. The number of aryl methyl sites for hydroxylation is 1. The Labute approximate surface area is 181 Å². The van der Waals surface area contributed by atoms with Crippen molar-refractivity contribution in [3.05, 3.63) is 75.5 Å². The molecule has 0 spiro atoms. The molecule has 0 unspecified atom stereocenters. The number of thiophene rings is 1. The summed E-state index contributed by atoms with van der Waals surface area (Å²) < 4.78 is 7.74. The van der Waals surface area contributed by atoms with Crippen molar-refractivity contribution in [3.63, 3.8) is 0 Å². The molecule has 1 amide bonds. The molecule has 0 saturated carbocycles. The third kappa shape index (κ3) is 3.87. The number of aromatic nitrogens is 3. The van der Waals surface area contributed by atoms with Crippen LogP contribution in [0.1, 0.15) is 22.8 Å². The molecular weight excluding hydrogens is 416 g/mol. The van der Waals surface area contributed by atoms with Crippen molar-refractivity contribution in [2.24, 2.45) is 0 Å². The van der Waals surface area contributed by atoms with Gasteiger partial charge in [0.25, 0.3) is 5.56 Å². The fourth-order valence-electron chi connectivity index (χ4n) is 3.34. The van der Waals surface area contributed by atoms with Gasteiger partial charge in [-0.05, 0) is 47.7 Å². The Morgan fingerprint density at radius 1 is 1.16 bits per heavy atom. The summed E-state index contributed by atoms with van der Waals surface area (Å²) in [6.45, 7) is 1.89. The second kappa shape index (κ2) is 8.57. The maximum Gasteiger partial charge on any atom is 0.340 e. The minimum Gasteiger partial charge on any atom is -0.465 e. The molecule has 0 aliphatic heterocycles. The number of benzene rings is 1. The lowest BCUT2D eigenvalue weighted by Crippen LogP contribution is -2.27. The van der Waals surface area contributed by atoms with E-state index >= 15 is 0 Å². The highest BCUT2D eigenvalue weighted by Gasteiger charge is 2.20. The predicted octanol–water partition coefficient (Wildman–Crippen LogP) is 3.24. The molecule has 0 aliphatic carbocycles. The standard InChI is InChI=1S/C22H20N4O4S/c1-3-14-6-8-15(9-7-14)26-21(28)16-5-4-11-23-19(16)25(26)13-18(27)24-20-17(10-12-31-20)22(29)30-2/h4-12H,3,13H2,1-2H3,(H,24,27). The van der Waals surface area contributed by atoms with Crippen molar-refractivity contribution in [3.8, 4) is 5.69 Å². The summed E-state index contributed by atoms with van der Waals surface area (Å²) in [4.78, 5) is 42.2. The number of amides is 1. The number of methoxy groups -OCH3 is 1. The number of rotatable bonds is 6. The molecule has 3 heterocycles. The Morgan fingerprint density at radius 2 is 1.94 bits per heavy atom.